The number of alkyl halides is 2. The number of benzene rings is 1. The molecule has 20 heavy (non-hydrogen) atoms. The Hall–Kier alpha value is -1.70. The Bertz CT molecular complexity index is 596. The van der Waals surface area contributed by atoms with Crippen molar-refractivity contribution in [3.8, 4) is 0 Å². The van der Waals surface area contributed by atoms with E-state index in [1.54, 1.807) is 0 Å². The van der Waals surface area contributed by atoms with Crippen molar-refractivity contribution >= 4 is 21.5 Å². The summed E-state index contributed by atoms with van der Waals surface area (Å²) in [5.41, 5.74) is 0.387. The molecule has 1 aliphatic rings. The number of carboxylic acid groups (broad SMARTS) is 1. The zero-order valence-electron chi connectivity index (χ0n) is 10.3. The van der Waals surface area contributed by atoms with Gasteiger partial charge in [-0.25, -0.2) is 13.2 Å². The van der Waals surface area contributed by atoms with E-state index in [1.165, 1.54) is 12.1 Å². The summed E-state index contributed by atoms with van der Waals surface area (Å²) in [4.78, 5) is 10.6. The van der Waals surface area contributed by atoms with E-state index in [0.717, 1.165) is 25.0 Å². The van der Waals surface area contributed by atoms with Gasteiger partial charge >= 0.3 is 11.7 Å². The molecular weight excluding hydrogens is 292 g/mol. The van der Waals surface area contributed by atoms with Gasteiger partial charge < -0.3 is 10.4 Å². The van der Waals surface area contributed by atoms with E-state index in [0.29, 0.717) is 5.69 Å². The summed E-state index contributed by atoms with van der Waals surface area (Å²) < 4.78 is 47.1. The Morgan fingerprint density at radius 2 is 1.80 bits per heavy atom. The summed E-state index contributed by atoms with van der Waals surface area (Å²) in [7, 11) is -4.62. The van der Waals surface area contributed by atoms with Crippen LogP contribution in [0.3, 0.4) is 0 Å². The number of sulfone groups is 1. The average molecular weight is 305 g/mol. The first-order valence-corrected chi connectivity index (χ1v) is 7.48. The molecule has 0 amide bonds. The van der Waals surface area contributed by atoms with Gasteiger partial charge in [0, 0.05) is 5.69 Å². The predicted molar refractivity (Wildman–Crippen MR) is 67.4 cm³/mol. The normalized spacial score (nSPS) is 16.9. The monoisotopic (exact) mass is 305 g/mol. The Kier molecular flexibility index (Phi) is 3.94. The molecule has 110 valence electrons. The highest BCUT2D eigenvalue weighted by atomic mass is 32.2. The fourth-order valence-electron chi connectivity index (χ4n) is 1.83. The highest BCUT2D eigenvalue weighted by molar-refractivity contribution is 7.91. The lowest BCUT2D eigenvalue weighted by Gasteiger charge is -2.15. The number of rotatable bonds is 6. The molecule has 0 bridgehead atoms. The topological polar surface area (TPSA) is 83.5 Å². The van der Waals surface area contributed by atoms with Gasteiger partial charge in [0.2, 0.25) is 9.84 Å². The summed E-state index contributed by atoms with van der Waals surface area (Å²) in [6.45, 7) is 0. The van der Waals surface area contributed by atoms with Crippen LogP contribution in [0.2, 0.25) is 0 Å². The SMILES string of the molecule is O=C(O)C(Nc1ccc(S(=O)(=O)C(F)F)cc1)C1CC1. The van der Waals surface area contributed by atoms with Gasteiger partial charge in [-0.05, 0) is 43.0 Å². The van der Waals surface area contributed by atoms with Gasteiger partial charge in [-0.1, -0.05) is 0 Å². The Labute approximate surface area is 114 Å². The summed E-state index contributed by atoms with van der Waals surface area (Å²) in [6.07, 6.45) is 1.64. The van der Waals surface area contributed by atoms with Crippen molar-refractivity contribution in [3.05, 3.63) is 24.3 Å². The van der Waals surface area contributed by atoms with Crippen LogP contribution < -0.4 is 5.32 Å². The molecule has 2 rings (SSSR count). The molecule has 0 radical (unpaired) electrons. The molecular formula is C12H13F2NO4S. The summed E-state index contributed by atoms with van der Waals surface area (Å²) in [5.74, 6) is -4.41. The minimum Gasteiger partial charge on any atom is -0.480 e. The first-order chi connectivity index (χ1) is 9.32. The molecule has 8 heteroatoms. The second-order valence-electron chi connectivity index (χ2n) is 4.63. The van der Waals surface area contributed by atoms with Crippen LogP contribution in [0.5, 0.6) is 0 Å². The molecule has 1 aromatic rings. The second kappa shape index (κ2) is 5.35. The molecule has 1 unspecified atom stereocenters. The molecule has 0 aliphatic heterocycles. The molecule has 1 aliphatic carbocycles. The van der Waals surface area contributed by atoms with Crippen LogP contribution in [0.4, 0.5) is 14.5 Å². The van der Waals surface area contributed by atoms with Crippen LogP contribution in [-0.2, 0) is 14.6 Å². The van der Waals surface area contributed by atoms with E-state index in [4.69, 9.17) is 5.11 Å². The van der Waals surface area contributed by atoms with Crippen molar-refractivity contribution in [2.24, 2.45) is 5.92 Å². The van der Waals surface area contributed by atoms with Gasteiger partial charge in [-0.2, -0.15) is 8.78 Å². The third kappa shape index (κ3) is 3.06. The molecule has 2 N–H and O–H groups in total. The molecule has 5 nitrogen and oxygen atoms in total. The van der Waals surface area contributed by atoms with Gasteiger partial charge in [0.25, 0.3) is 0 Å². The van der Waals surface area contributed by atoms with Gasteiger partial charge in [-0.15, -0.1) is 0 Å². The van der Waals surface area contributed by atoms with Gasteiger partial charge in [0.15, 0.2) is 0 Å². The van der Waals surface area contributed by atoms with E-state index in [9.17, 15) is 22.0 Å². The third-order valence-electron chi connectivity index (χ3n) is 3.10. The largest absolute Gasteiger partial charge is 0.480 e. The smallest absolute Gasteiger partial charge is 0.341 e. The molecule has 1 atom stereocenters. The lowest BCUT2D eigenvalue weighted by Crippen LogP contribution is -2.31. The van der Waals surface area contributed by atoms with Crippen molar-refractivity contribution < 1.29 is 27.1 Å². The standard InChI is InChI=1S/C12H13F2NO4S/c13-12(14)20(18,19)9-5-3-8(4-6-9)15-10(11(16)17)7-1-2-7/h3-7,10,12,15H,1-2H2,(H,16,17). The highest BCUT2D eigenvalue weighted by Gasteiger charge is 2.36. The predicted octanol–water partition coefficient (Wildman–Crippen LogP) is 1.96. The molecule has 1 aromatic carbocycles. The zero-order chi connectivity index (χ0) is 14.9. The van der Waals surface area contributed by atoms with E-state index in [1.807, 2.05) is 0 Å². The van der Waals surface area contributed by atoms with E-state index in [2.05, 4.69) is 5.32 Å². The lowest BCUT2D eigenvalue weighted by atomic mass is 10.1. The van der Waals surface area contributed by atoms with Crippen LogP contribution in [0.15, 0.2) is 29.2 Å². The molecule has 0 saturated heterocycles. The minimum absolute atomic E-state index is 0.0528. The average Bonchev–Trinajstić information content (AvgIpc) is 3.20. The molecule has 1 fully saturated rings. The maximum atomic E-state index is 12.3. The maximum Gasteiger partial charge on any atom is 0.341 e. The van der Waals surface area contributed by atoms with E-state index < -0.39 is 32.5 Å². The molecule has 0 aromatic heterocycles. The van der Waals surface area contributed by atoms with Crippen LogP contribution >= 0.6 is 0 Å². The van der Waals surface area contributed by atoms with Crippen LogP contribution in [0, 0.1) is 5.92 Å². The number of hydrogen-bond donors (Lipinski definition) is 2. The molecule has 0 spiro atoms. The van der Waals surface area contributed by atoms with E-state index in [-0.39, 0.29) is 5.92 Å². The molecule has 0 heterocycles. The van der Waals surface area contributed by atoms with E-state index >= 15 is 0 Å². The minimum atomic E-state index is -4.62. The van der Waals surface area contributed by atoms with Gasteiger partial charge in [-0.3, -0.25) is 0 Å². The number of aliphatic carboxylic acids is 1. The van der Waals surface area contributed by atoms with Crippen molar-refractivity contribution in [1.82, 2.24) is 0 Å². The Morgan fingerprint density at radius 3 is 2.20 bits per heavy atom. The lowest BCUT2D eigenvalue weighted by molar-refractivity contribution is -0.138. The fourth-order valence-corrected chi connectivity index (χ4v) is 2.56. The third-order valence-corrected chi connectivity index (χ3v) is 4.50. The maximum absolute atomic E-state index is 12.3. The second-order valence-corrected chi connectivity index (χ2v) is 6.55. The quantitative estimate of drug-likeness (QED) is 0.839. The first-order valence-electron chi connectivity index (χ1n) is 5.94. The van der Waals surface area contributed by atoms with Crippen molar-refractivity contribution in [3.63, 3.8) is 0 Å². The van der Waals surface area contributed by atoms with Crippen LogP contribution in [0.25, 0.3) is 0 Å². The number of halogens is 2. The van der Waals surface area contributed by atoms with Crippen LogP contribution in [-0.4, -0.2) is 31.3 Å². The summed E-state index contributed by atoms with van der Waals surface area (Å²) >= 11 is 0. The Morgan fingerprint density at radius 1 is 1.25 bits per heavy atom. The first kappa shape index (κ1) is 14.7. The number of carbonyl (C=O) groups is 1. The van der Waals surface area contributed by atoms with Crippen molar-refractivity contribution in [2.45, 2.75) is 29.5 Å². The fraction of sp³-hybridized carbons (Fsp3) is 0.417. The number of carboxylic acids is 1. The zero-order valence-corrected chi connectivity index (χ0v) is 11.1. The summed E-state index contributed by atoms with van der Waals surface area (Å²) in [5, 5.41) is 11.8. The number of nitrogens with one attached hydrogen (secondary N) is 1. The van der Waals surface area contributed by atoms with Crippen LogP contribution in [0.1, 0.15) is 12.8 Å². The van der Waals surface area contributed by atoms with Gasteiger partial charge in [0.05, 0.1) is 4.90 Å². The summed E-state index contributed by atoms with van der Waals surface area (Å²) in [6, 6.07) is 3.90. The van der Waals surface area contributed by atoms with Gasteiger partial charge in [0.1, 0.15) is 6.04 Å². The Balaban J connectivity index is 2.14. The molecule has 1 saturated carbocycles. The highest BCUT2D eigenvalue weighted by Crippen LogP contribution is 2.34. The van der Waals surface area contributed by atoms with Crippen molar-refractivity contribution in [2.75, 3.05) is 5.32 Å². The number of hydrogen-bond acceptors (Lipinski definition) is 4. The van der Waals surface area contributed by atoms with Crippen molar-refractivity contribution in [1.29, 1.82) is 0 Å². The number of anilines is 1.